The zero-order chi connectivity index (χ0) is 20.6. The van der Waals surface area contributed by atoms with Crippen LogP contribution in [0.2, 0.25) is 0 Å². The number of hydrogen-bond acceptors (Lipinski definition) is 3. The molecule has 4 atom stereocenters. The predicted molar refractivity (Wildman–Crippen MR) is 115 cm³/mol. The first kappa shape index (κ1) is 19.9. The Morgan fingerprint density at radius 1 is 1.00 bits per heavy atom. The Morgan fingerprint density at radius 2 is 1.80 bits per heavy atom. The molecule has 5 rings (SSSR count). The third kappa shape index (κ3) is 3.50. The predicted octanol–water partition coefficient (Wildman–Crippen LogP) is 4.40. The molecule has 0 N–H and O–H groups in total. The van der Waals surface area contributed by atoms with Gasteiger partial charge in [0.2, 0.25) is 5.91 Å². The second kappa shape index (κ2) is 8.24. The van der Waals surface area contributed by atoms with E-state index in [2.05, 4.69) is 35.2 Å². The first-order valence-electron chi connectivity index (χ1n) is 12.0. The molecule has 1 aromatic carbocycles. The molecule has 0 radical (unpaired) electrons. The number of nitrogens with zero attached hydrogens (tertiary/aromatic N) is 2. The summed E-state index contributed by atoms with van der Waals surface area (Å²) in [5, 5.41) is 0. The van der Waals surface area contributed by atoms with Gasteiger partial charge in [0.15, 0.2) is 0 Å². The van der Waals surface area contributed by atoms with Gasteiger partial charge in [-0.3, -0.25) is 4.79 Å². The summed E-state index contributed by atoms with van der Waals surface area (Å²) < 4.78 is 6.21. The Bertz CT molecular complexity index is 776. The van der Waals surface area contributed by atoms with Gasteiger partial charge in [0, 0.05) is 37.5 Å². The molecule has 1 aliphatic carbocycles. The number of benzene rings is 1. The molecule has 30 heavy (non-hydrogen) atoms. The Morgan fingerprint density at radius 3 is 2.60 bits per heavy atom. The van der Waals surface area contributed by atoms with Crippen molar-refractivity contribution >= 4 is 12.0 Å². The maximum Gasteiger partial charge on any atom is 0.410 e. The van der Waals surface area contributed by atoms with E-state index in [1.807, 2.05) is 4.90 Å². The van der Waals surface area contributed by atoms with Gasteiger partial charge >= 0.3 is 6.09 Å². The monoisotopic (exact) mass is 410 g/mol. The maximum atomic E-state index is 12.9. The molecule has 0 bridgehead atoms. The first-order valence-corrected chi connectivity index (χ1v) is 12.0. The minimum atomic E-state index is -0.125. The first-order chi connectivity index (χ1) is 14.7. The van der Waals surface area contributed by atoms with Crippen LogP contribution in [0.4, 0.5) is 4.79 Å². The normalized spacial score (nSPS) is 33.7. The molecule has 2 amide bonds. The molecule has 0 unspecified atom stereocenters. The van der Waals surface area contributed by atoms with Crippen LogP contribution in [0.5, 0.6) is 0 Å². The number of carbonyl (C=O) groups is 2. The van der Waals surface area contributed by atoms with E-state index < -0.39 is 0 Å². The lowest BCUT2D eigenvalue weighted by atomic mass is 9.62. The Kier molecular flexibility index (Phi) is 5.46. The Hall–Kier alpha value is -2.04. The lowest BCUT2D eigenvalue weighted by Crippen LogP contribution is -2.59. The molecule has 1 spiro atoms. The minimum Gasteiger partial charge on any atom is -0.446 e. The molecule has 5 nitrogen and oxygen atoms in total. The molecule has 162 valence electrons. The molecule has 0 aromatic heterocycles. The Balaban J connectivity index is 1.44. The summed E-state index contributed by atoms with van der Waals surface area (Å²) in [5.41, 5.74) is 1.30. The number of hydrogen-bond donors (Lipinski definition) is 0. The van der Waals surface area contributed by atoms with Crippen molar-refractivity contribution in [1.29, 1.82) is 0 Å². The van der Waals surface area contributed by atoms with Gasteiger partial charge in [-0.1, -0.05) is 30.3 Å². The molecule has 3 aliphatic heterocycles. The van der Waals surface area contributed by atoms with Crippen molar-refractivity contribution in [3.63, 3.8) is 0 Å². The highest BCUT2D eigenvalue weighted by atomic mass is 16.6. The van der Waals surface area contributed by atoms with Crippen LogP contribution in [0.3, 0.4) is 0 Å². The summed E-state index contributed by atoms with van der Waals surface area (Å²) in [7, 11) is 0. The van der Waals surface area contributed by atoms with Crippen LogP contribution in [0.25, 0.3) is 0 Å². The number of amides is 2. The summed E-state index contributed by atoms with van der Waals surface area (Å²) in [6, 6.07) is 10.6. The molecular formula is C25H34N2O3. The van der Waals surface area contributed by atoms with Crippen LogP contribution in [0.15, 0.2) is 30.3 Å². The van der Waals surface area contributed by atoms with Gasteiger partial charge in [-0.05, 0) is 69.3 Å². The molecule has 1 saturated carbocycles. The Labute approximate surface area is 179 Å². The van der Waals surface area contributed by atoms with E-state index in [9.17, 15) is 9.59 Å². The molecule has 5 heteroatoms. The number of likely N-dealkylation sites (tertiary alicyclic amines) is 1. The number of ether oxygens (including phenoxy) is 1. The van der Waals surface area contributed by atoms with Crippen molar-refractivity contribution < 1.29 is 14.3 Å². The average Bonchev–Trinajstić information content (AvgIpc) is 3.41. The summed E-state index contributed by atoms with van der Waals surface area (Å²) in [4.78, 5) is 29.8. The molecular weight excluding hydrogens is 376 g/mol. The van der Waals surface area contributed by atoms with Crippen LogP contribution in [-0.2, 0) is 16.0 Å². The lowest BCUT2D eigenvalue weighted by molar-refractivity contribution is -0.141. The van der Waals surface area contributed by atoms with Crippen LogP contribution in [0, 0.1) is 11.8 Å². The fraction of sp³-hybridized carbons (Fsp3) is 0.680. The SMILES string of the molecule is O=C(O[C@H]1CC[C@@]23CCCN2C(=O)CCC[C@H]3[C@H]1Cc1ccccc1)N1CCCC1. The molecule has 4 aliphatic rings. The van der Waals surface area contributed by atoms with Gasteiger partial charge in [-0.2, -0.15) is 0 Å². The summed E-state index contributed by atoms with van der Waals surface area (Å²) in [6.07, 6.45) is 9.68. The van der Waals surface area contributed by atoms with Gasteiger partial charge < -0.3 is 14.5 Å². The second-order valence-electron chi connectivity index (χ2n) is 9.76. The lowest BCUT2D eigenvalue weighted by Gasteiger charge is -2.52. The summed E-state index contributed by atoms with van der Waals surface area (Å²) in [6.45, 7) is 2.56. The largest absolute Gasteiger partial charge is 0.446 e. The van der Waals surface area contributed by atoms with Crippen molar-refractivity contribution in [1.82, 2.24) is 9.80 Å². The zero-order valence-corrected chi connectivity index (χ0v) is 17.9. The van der Waals surface area contributed by atoms with Crippen molar-refractivity contribution in [3.05, 3.63) is 35.9 Å². The number of rotatable bonds is 3. The average molecular weight is 411 g/mol. The fourth-order valence-corrected chi connectivity index (χ4v) is 6.87. The highest BCUT2D eigenvalue weighted by Crippen LogP contribution is 2.53. The van der Waals surface area contributed by atoms with Crippen molar-refractivity contribution in [2.24, 2.45) is 11.8 Å². The van der Waals surface area contributed by atoms with Crippen LogP contribution in [-0.4, -0.2) is 53.1 Å². The van der Waals surface area contributed by atoms with Gasteiger partial charge in [0.25, 0.3) is 0 Å². The van der Waals surface area contributed by atoms with Crippen LogP contribution < -0.4 is 0 Å². The molecule has 3 heterocycles. The summed E-state index contributed by atoms with van der Waals surface area (Å²) >= 11 is 0. The van der Waals surface area contributed by atoms with E-state index >= 15 is 0 Å². The van der Waals surface area contributed by atoms with Gasteiger partial charge in [-0.15, -0.1) is 0 Å². The third-order valence-electron chi connectivity index (χ3n) is 8.21. The smallest absolute Gasteiger partial charge is 0.410 e. The number of carbonyl (C=O) groups excluding carboxylic acids is 2. The maximum absolute atomic E-state index is 12.9. The van der Waals surface area contributed by atoms with Crippen LogP contribution in [0.1, 0.15) is 63.4 Å². The molecule has 3 saturated heterocycles. The van der Waals surface area contributed by atoms with E-state index in [-0.39, 0.29) is 23.7 Å². The highest BCUT2D eigenvalue weighted by molar-refractivity contribution is 5.78. The van der Waals surface area contributed by atoms with Gasteiger partial charge in [-0.25, -0.2) is 4.79 Å². The van der Waals surface area contributed by atoms with E-state index in [0.717, 1.165) is 77.4 Å². The standard InChI is InChI=1S/C25H34N2O3/c28-23-11-6-10-21-20(18-19-8-2-1-3-9-19)22(30-24(29)26-15-4-5-16-26)12-14-25(21)13-7-17-27(23)25/h1-3,8-9,20-22H,4-7,10-18H2/t20-,21+,22+,25-/m1/s1. The van der Waals surface area contributed by atoms with Gasteiger partial charge in [0.05, 0.1) is 0 Å². The minimum absolute atomic E-state index is 0.0103. The highest BCUT2D eigenvalue weighted by Gasteiger charge is 2.56. The van der Waals surface area contributed by atoms with Crippen LogP contribution >= 0.6 is 0 Å². The topological polar surface area (TPSA) is 49.9 Å². The van der Waals surface area contributed by atoms with E-state index in [1.165, 1.54) is 5.56 Å². The fourth-order valence-electron chi connectivity index (χ4n) is 6.87. The van der Waals surface area contributed by atoms with Crippen molar-refractivity contribution in [3.8, 4) is 0 Å². The second-order valence-corrected chi connectivity index (χ2v) is 9.76. The molecule has 1 aromatic rings. The third-order valence-corrected chi connectivity index (χ3v) is 8.21. The summed E-state index contributed by atoms with van der Waals surface area (Å²) in [5.74, 6) is 1.04. The zero-order valence-electron chi connectivity index (χ0n) is 17.9. The van der Waals surface area contributed by atoms with E-state index in [1.54, 1.807) is 0 Å². The van der Waals surface area contributed by atoms with Crippen molar-refractivity contribution in [2.75, 3.05) is 19.6 Å². The van der Waals surface area contributed by atoms with Crippen molar-refractivity contribution in [2.45, 2.75) is 75.9 Å². The van der Waals surface area contributed by atoms with E-state index in [4.69, 9.17) is 4.74 Å². The van der Waals surface area contributed by atoms with E-state index in [0.29, 0.717) is 18.2 Å². The molecule has 4 fully saturated rings. The quantitative estimate of drug-likeness (QED) is 0.742. The van der Waals surface area contributed by atoms with Gasteiger partial charge in [0.1, 0.15) is 6.10 Å².